The monoisotopic (exact) mass is 615 g/mol. The largest absolute Gasteiger partial charge is 0.508 e. The zero-order valence-corrected chi connectivity index (χ0v) is 22.8. The molecule has 2 amide bonds. The number of phenolic OH excluding ortho intramolecular Hbond substituents is 1. The number of hydrogen-bond donors (Lipinski definition) is 4. The molecule has 0 aliphatic carbocycles. The number of amides is 2. The maximum Gasteiger partial charge on any atom is 0.412 e. The van der Waals surface area contributed by atoms with Crippen LogP contribution in [-0.2, 0) is 9.53 Å². The van der Waals surface area contributed by atoms with Crippen LogP contribution in [-0.4, -0.2) is 17.1 Å². The molecule has 0 saturated heterocycles. The standard InChI is InChI=1S/C27H27Br2N3O4/c1-17(6-2-5-9-25(34)32-23-8-4-3-7-22(23)30)26(21-16-19(29)12-15-24(21)33)36-27(35)31-20-13-10-18(28)11-14-20/h3-5,7-17,26,33H,2,6,30H2,1H3,(H,31,35)(H,32,34)/b9-5+/t17-,26-/m0/s1. The number of para-hydroxylation sites is 2. The first-order chi connectivity index (χ1) is 17.2. The number of allylic oxidation sites excluding steroid dienone is 1. The molecule has 7 nitrogen and oxygen atoms in total. The van der Waals surface area contributed by atoms with Gasteiger partial charge in [0, 0.05) is 20.2 Å². The van der Waals surface area contributed by atoms with Crippen LogP contribution in [0.2, 0.25) is 0 Å². The number of aromatic hydroxyl groups is 1. The van der Waals surface area contributed by atoms with Crippen molar-refractivity contribution in [3.63, 3.8) is 0 Å². The number of nitrogens with two attached hydrogens (primary N) is 1. The van der Waals surface area contributed by atoms with Gasteiger partial charge < -0.3 is 20.9 Å². The molecule has 2 atom stereocenters. The van der Waals surface area contributed by atoms with E-state index in [0.29, 0.717) is 35.5 Å². The summed E-state index contributed by atoms with van der Waals surface area (Å²) in [6, 6.07) is 19.1. The quantitative estimate of drug-likeness (QED) is 0.148. The van der Waals surface area contributed by atoms with Gasteiger partial charge in [-0.3, -0.25) is 10.1 Å². The summed E-state index contributed by atoms with van der Waals surface area (Å²) in [6.07, 6.45) is 3.01. The third-order valence-electron chi connectivity index (χ3n) is 5.41. The molecular formula is C27H27Br2N3O4. The van der Waals surface area contributed by atoms with E-state index in [9.17, 15) is 14.7 Å². The zero-order chi connectivity index (χ0) is 26.1. The first kappa shape index (κ1) is 27.3. The van der Waals surface area contributed by atoms with Crippen molar-refractivity contribution in [1.82, 2.24) is 0 Å². The van der Waals surface area contributed by atoms with Crippen LogP contribution in [0, 0.1) is 5.92 Å². The van der Waals surface area contributed by atoms with E-state index in [4.69, 9.17) is 10.5 Å². The van der Waals surface area contributed by atoms with Gasteiger partial charge in [0.2, 0.25) is 5.91 Å². The van der Waals surface area contributed by atoms with Gasteiger partial charge in [0.1, 0.15) is 11.9 Å². The van der Waals surface area contributed by atoms with Crippen LogP contribution < -0.4 is 16.4 Å². The minimum absolute atomic E-state index is 0.0295. The molecule has 0 fully saturated rings. The summed E-state index contributed by atoms with van der Waals surface area (Å²) in [4.78, 5) is 24.9. The molecule has 0 unspecified atom stereocenters. The minimum Gasteiger partial charge on any atom is -0.508 e. The minimum atomic E-state index is -0.718. The van der Waals surface area contributed by atoms with Gasteiger partial charge in [-0.15, -0.1) is 0 Å². The molecule has 0 aliphatic heterocycles. The summed E-state index contributed by atoms with van der Waals surface area (Å²) in [5.74, 6) is -0.424. The predicted octanol–water partition coefficient (Wildman–Crippen LogP) is 7.40. The third-order valence-corrected chi connectivity index (χ3v) is 6.44. The molecule has 0 aliphatic rings. The lowest BCUT2D eigenvalue weighted by atomic mass is 9.92. The van der Waals surface area contributed by atoms with E-state index in [-0.39, 0.29) is 17.6 Å². The van der Waals surface area contributed by atoms with Crippen LogP contribution in [0.25, 0.3) is 0 Å². The summed E-state index contributed by atoms with van der Waals surface area (Å²) in [5.41, 5.74) is 7.97. The van der Waals surface area contributed by atoms with E-state index in [0.717, 1.165) is 8.95 Å². The molecule has 0 bridgehead atoms. The van der Waals surface area contributed by atoms with Crippen molar-refractivity contribution in [3.8, 4) is 5.75 Å². The molecule has 0 heterocycles. The summed E-state index contributed by atoms with van der Waals surface area (Å²) < 4.78 is 7.42. The second-order valence-electron chi connectivity index (χ2n) is 8.19. The number of anilines is 3. The molecule has 188 valence electrons. The zero-order valence-electron chi connectivity index (χ0n) is 19.6. The summed E-state index contributed by atoms with van der Waals surface area (Å²) >= 11 is 6.78. The molecule has 9 heteroatoms. The van der Waals surface area contributed by atoms with Gasteiger partial charge in [-0.2, -0.15) is 0 Å². The Hall–Kier alpha value is -3.30. The topological polar surface area (TPSA) is 114 Å². The average molecular weight is 617 g/mol. The predicted molar refractivity (Wildman–Crippen MR) is 150 cm³/mol. The molecule has 36 heavy (non-hydrogen) atoms. The van der Waals surface area contributed by atoms with E-state index in [1.54, 1.807) is 60.7 Å². The molecule has 0 aromatic heterocycles. The Balaban J connectivity index is 1.65. The van der Waals surface area contributed by atoms with Gasteiger partial charge in [0.25, 0.3) is 0 Å². The highest BCUT2D eigenvalue weighted by molar-refractivity contribution is 9.10. The number of benzene rings is 3. The van der Waals surface area contributed by atoms with Crippen LogP contribution in [0.5, 0.6) is 5.75 Å². The van der Waals surface area contributed by atoms with Crippen molar-refractivity contribution < 1.29 is 19.4 Å². The van der Waals surface area contributed by atoms with E-state index >= 15 is 0 Å². The number of rotatable bonds is 9. The second kappa shape index (κ2) is 13.1. The Labute approximate surface area is 227 Å². The molecular weight excluding hydrogens is 590 g/mol. The van der Waals surface area contributed by atoms with Crippen molar-refractivity contribution in [1.29, 1.82) is 0 Å². The van der Waals surface area contributed by atoms with Crippen molar-refractivity contribution in [3.05, 3.63) is 93.4 Å². The molecule has 0 radical (unpaired) electrons. The maximum atomic E-state index is 12.7. The first-order valence-corrected chi connectivity index (χ1v) is 12.8. The molecule has 3 rings (SSSR count). The van der Waals surface area contributed by atoms with Crippen LogP contribution in [0.3, 0.4) is 0 Å². The highest BCUT2D eigenvalue weighted by Crippen LogP contribution is 2.36. The summed E-state index contributed by atoms with van der Waals surface area (Å²) in [7, 11) is 0. The Morgan fingerprint density at radius 1 is 1.03 bits per heavy atom. The third kappa shape index (κ3) is 8.13. The summed E-state index contributed by atoms with van der Waals surface area (Å²) in [6.45, 7) is 1.93. The van der Waals surface area contributed by atoms with E-state index in [1.807, 2.05) is 19.1 Å². The SMILES string of the molecule is C[C@@H](CC/C=C/C(=O)Nc1ccccc1N)[C@H](OC(=O)Nc1ccc(Br)cc1)c1cc(Br)ccc1O. The van der Waals surface area contributed by atoms with Gasteiger partial charge in [-0.05, 0) is 79.4 Å². The van der Waals surface area contributed by atoms with Gasteiger partial charge in [0.15, 0.2) is 0 Å². The van der Waals surface area contributed by atoms with E-state index in [2.05, 4.69) is 42.5 Å². The number of carbonyl (C=O) groups excluding carboxylic acids is 2. The average Bonchev–Trinajstić information content (AvgIpc) is 2.85. The number of nitrogens with one attached hydrogen (secondary N) is 2. The van der Waals surface area contributed by atoms with Gasteiger partial charge in [-0.25, -0.2) is 4.79 Å². The number of halogens is 2. The van der Waals surface area contributed by atoms with E-state index < -0.39 is 12.2 Å². The van der Waals surface area contributed by atoms with Crippen molar-refractivity contribution in [2.45, 2.75) is 25.9 Å². The number of hydrogen-bond acceptors (Lipinski definition) is 5. The smallest absolute Gasteiger partial charge is 0.412 e. The normalized spacial score (nSPS) is 12.6. The lowest BCUT2D eigenvalue weighted by Crippen LogP contribution is -2.22. The van der Waals surface area contributed by atoms with Crippen molar-refractivity contribution in [2.24, 2.45) is 5.92 Å². The summed E-state index contributed by atoms with van der Waals surface area (Å²) in [5, 5.41) is 15.9. The lowest BCUT2D eigenvalue weighted by Gasteiger charge is -2.25. The van der Waals surface area contributed by atoms with Gasteiger partial charge in [0.05, 0.1) is 11.4 Å². The highest BCUT2D eigenvalue weighted by atomic mass is 79.9. The molecule has 0 spiro atoms. The fourth-order valence-corrected chi connectivity index (χ4v) is 4.16. The fourth-order valence-electron chi connectivity index (χ4n) is 3.52. The van der Waals surface area contributed by atoms with Crippen LogP contribution in [0.4, 0.5) is 21.9 Å². The first-order valence-electron chi connectivity index (χ1n) is 11.3. The van der Waals surface area contributed by atoms with Crippen LogP contribution in [0.1, 0.15) is 31.4 Å². The van der Waals surface area contributed by atoms with Crippen molar-refractivity contribution >= 4 is 60.9 Å². The molecule has 0 saturated carbocycles. The van der Waals surface area contributed by atoms with Crippen LogP contribution >= 0.6 is 31.9 Å². The Morgan fingerprint density at radius 2 is 1.72 bits per heavy atom. The Bertz CT molecular complexity index is 1230. The number of carbonyl (C=O) groups is 2. The number of phenols is 1. The van der Waals surface area contributed by atoms with E-state index in [1.165, 1.54) is 6.08 Å². The highest BCUT2D eigenvalue weighted by Gasteiger charge is 2.26. The maximum absolute atomic E-state index is 12.7. The lowest BCUT2D eigenvalue weighted by molar-refractivity contribution is -0.111. The van der Waals surface area contributed by atoms with Gasteiger partial charge in [-0.1, -0.05) is 57.0 Å². The number of nitrogen functional groups attached to an aromatic ring is 1. The molecule has 5 N–H and O–H groups in total. The molecule has 3 aromatic carbocycles. The Kier molecular flexibility index (Phi) is 9.95. The van der Waals surface area contributed by atoms with Gasteiger partial charge >= 0.3 is 6.09 Å². The van der Waals surface area contributed by atoms with Crippen LogP contribution in [0.15, 0.2) is 87.8 Å². The molecule has 3 aromatic rings. The number of ether oxygens (including phenoxy) is 1. The second-order valence-corrected chi connectivity index (χ2v) is 10.0. The Morgan fingerprint density at radius 3 is 2.44 bits per heavy atom. The fraction of sp³-hybridized carbons (Fsp3) is 0.185. The van der Waals surface area contributed by atoms with Crippen molar-refractivity contribution in [2.75, 3.05) is 16.4 Å².